The number of aromatic nitrogens is 3. The molecule has 1 aliphatic heterocycles. The highest BCUT2D eigenvalue weighted by atomic mass is 19.4. The van der Waals surface area contributed by atoms with Gasteiger partial charge in [0.25, 0.3) is 5.91 Å². The molecule has 13 heteroatoms. The van der Waals surface area contributed by atoms with E-state index in [1.807, 2.05) is 0 Å². The molecule has 4 heterocycles. The smallest absolute Gasteiger partial charge is 0.353 e. The van der Waals surface area contributed by atoms with E-state index in [0.29, 0.717) is 0 Å². The van der Waals surface area contributed by atoms with Crippen molar-refractivity contribution in [3.8, 4) is 0 Å². The lowest BCUT2D eigenvalue weighted by Crippen LogP contribution is -2.50. The number of halogens is 6. The first-order valence-corrected chi connectivity index (χ1v) is 8.48. The number of hydrogen-bond donors (Lipinski definition) is 1. The van der Waals surface area contributed by atoms with E-state index < -0.39 is 46.5 Å². The van der Waals surface area contributed by atoms with Crippen LogP contribution in [0.4, 0.5) is 26.3 Å². The third-order valence-corrected chi connectivity index (χ3v) is 4.54. The van der Waals surface area contributed by atoms with Gasteiger partial charge in [-0.05, 0) is 18.2 Å². The van der Waals surface area contributed by atoms with Crippen LogP contribution in [0.2, 0.25) is 0 Å². The number of pyridine rings is 2. The number of carbonyl (C=O) groups excluding carboxylic acids is 2. The zero-order valence-corrected chi connectivity index (χ0v) is 14.8. The van der Waals surface area contributed by atoms with Crippen molar-refractivity contribution in [1.29, 1.82) is 0 Å². The molecule has 0 spiro atoms. The van der Waals surface area contributed by atoms with E-state index in [1.54, 1.807) is 0 Å². The summed E-state index contributed by atoms with van der Waals surface area (Å²) in [6.07, 6.45) is -9.16. The van der Waals surface area contributed by atoms with Gasteiger partial charge in [0.2, 0.25) is 5.91 Å². The number of carbonyl (C=O) groups is 2. The van der Waals surface area contributed by atoms with Gasteiger partial charge < -0.3 is 10.2 Å². The minimum absolute atomic E-state index is 0.0521. The van der Waals surface area contributed by atoms with Gasteiger partial charge in [-0.2, -0.15) is 26.3 Å². The summed E-state index contributed by atoms with van der Waals surface area (Å²) < 4.78 is 80.5. The molecule has 0 radical (unpaired) electrons. The number of imidazole rings is 1. The first-order valence-electron chi connectivity index (χ1n) is 8.48. The molecule has 0 saturated carbocycles. The van der Waals surface area contributed by atoms with Crippen LogP contribution in [0.5, 0.6) is 0 Å². The molecule has 3 aromatic heterocycles. The average molecular weight is 431 g/mol. The van der Waals surface area contributed by atoms with E-state index in [-0.39, 0.29) is 37.0 Å². The number of piperazine rings is 1. The normalized spacial score (nSPS) is 15.7. The van der Waals surface area contributed by atoms with Gasteiger partial charge in [-0.1, -0.05) is 0 Å². The van der Waals surface area contributed by atoms with Crippen molar-refractivity contribution in [1.82, 2.24) is 24.6 Å². The Morgan fingerprint density at radius 2 is 1.80 bits per heavy atom. The Hall–Kier alpha value is -3.38. The molecule has 30 heavy (non-hydrogen) atoms. The highest BCUT2D eigenvalue weighted by Gasteiger charge is 2.39. The number of amides is 2. The van der Waals surface area contributed by atoms with Gasteiger partial charge in [-0.25, -0.2) is 9.97 Å². The van der Waals surface area contributed by atoms with Crippen LogP contribution in [-0.2, 0) is 17.1 Å². The lowest BCUT2D eigenvalue weighted by atomic mass is 10.1. The second-order valence-corrected chi connectivity index (χ2v) is 6.55. The summed E-state index contributed by atoms with van der Waals surface area (Å²) >= 11 is 0. The van der Waals surface area contributed by atoms with Gasteiger partial charge in [-0.3, -0.25) is 14.0 Å². The van der Waals surface area contributed by atoms with Crippen LogP contribution in [0.1, 0.15) is 21.7 Å². The quantitative estimate of drug-likeness (QED) is 0.601. The molecule has 7 nitrogen and oxygen atoms in total. The van der Waals surface area contributed by atoms with Crippen LogP contribution in [0.25, 0.3) is 16.7 Å². The van der Waals surface area contributed by atoms with Gasteiger partial charge in [-0.15, -0.1) is 0 Å². The summed E-state index contributed by atoms with van der Waals surface area (Å²) in [4.78, 5) is 32.6. The number of hydrogen-bond acceptors (Lipinski definition) is 4. The Morgan fingerprint density at radius 1 is 1.07 bits per heavy atom. The topological polar surface area (TPSA) is 79.6 Å². The number of alkyl halides is 6. The van der Waals surface area contributed by atoms with Crippen molar-refractivity contribution in [3.63, 3.8) is 0 Å². The second-order valence-electron chi connectivity index (χ2n) is 6.55. The highest BCUT2D eigenvalue weighted by molar-refractivity contribution is 5.96. The Kier molecular flexibility index (Phi) is 4.36. The molecule has 0 atom stereocenters. The van der Waals surface area contributed by atoms with Gasteiger partial charge >= 0.3 is 12.4 Å². The van der Waals surface area contributed by atoms with Crippen LogP contribution in [0.15, 0.2) is 24.4 Å². The maximum absolute atomic E-state index is 13.4. The van der Waals surface area contributed by atoms with Crippen molar-refractivity contribution >= 4 is 28.5 Å². The van der Waals surface area contributed by atoms with Crippen molar-refractivity contribution in [3.05, 3.63) is 41.3 Å². The van der Waals surface area contributed by atoms with Crippen LogP contribution >= 0.6 is 0 Å². The molecule has 2 amide bonds. The van der Waals surface area contributed by atoms with Crippen LogP contribution in [0.3, 0.4) is 0 Å². The monoisotopic (exact) mass is 431 g/mol. The zero-order chi connectivity index (χ0) is 21.8. The molecular formula is C17H11F6N5O2. The minimum Gasteiger partial charge on any atom is -0.353 e. The largest absolute Gasteiger partial charge is 0.433 e. The van der Waals surface area contributed by atoms with Gasteiger partial charge in [0.05, 0.1) is 12.1 Å². The lowest BCUT2D eigenvalue weighted by Gasteiger charge is -2.25. The molecule has 0 bridgehead atoms. The maximum Gasteiger partial charge on any atom is 0.433 e. The molecule has 158 valence electrons. The van der Waals surface area contributed by atoms with E-state index >= 15 is 0 Å². The fourth-order valence-electron chi connectivity index (χ4n) is 3.19. The molecule has 0 aliphatic carbocycles. The predicted octanol–water partition coefficient (Wildman–Crippen LogP) is 2.49. The van der Waals surface area contributed by atoms with Crippen molar-refractivity contribution in [2.24, 2.45) is 0 Å². The molecule has 0 aromatic carbocycles. The Bertz CT molecular complexity index is 1180. The third-order valence-electron chi connectivity index (χ3n) is 4.54. The molecule has 3 aromatic rings. The van der Waals surface area contributed by atoms with Crippen LogP contribution in [-0.4, -0.2) is 50.7 Å². The molecule has 1 fully saturated rings. The summed E-state index contributed by atoms with van der Waals surface area (Å²) in [7, 11) is 0. The van der Waals surface area contributed by atoms with E-state index in [2.05, 4.69) is 15.3 Å². The van der Waals surface area contributed by atoms with E-state index in [1.165, 1.54) is 4.90 Å². The molecule has 4 rings (SSSR count). The molecule has 0 unspecified atom stereocenters. The lowest BCUT2D eigenvalue weighted by molar-refractivity contribution is -0.144. The Labute approximate surface area is 163 Å². The van der Waals surface area contributed by atoms with E-state index in [9.17, 15) is 35.9 Å². The Morgan fingerprint density at radius 3 is 2.43 bits per heavy atom. The number of nitrogens with one attached hydrogen (secondary N) is 1. The summed E-state index contributed by atoms with van der Waals surface area (Å²) in [5.74, 6) is -1.07. The highest BCUT2D eigenvalue weighted by Crippen LogP contribution is 2.38. The molecule has 1 aliphatic rings. The van der Waals surface area contributed by atoms with Gasteiger partial charge in [0.15, 0.2) is 0 Å². The van der Waals surface area contributed by atoms with Gasteiger partial charge in [0.1, 0.15) is 22.7 Å². The summed E-state index contributed by atoms with van der Waals surface area (Å²) in [5, 5.41) is 1.96. The van der Waals surface area contributed by atoms with Crippen molar-refractivity contribution in [2.75, 3.05) is 19.6 Å². The average Bonchev–Trinajstić information content (AvgIpc) is 3.09. The first kappa shape index (κ1) is 19.9. The number of fused-ring (bicyclic) bond motifs is 3. The molecular weight excluding hydrogens is 420 g/mol. The fraction of sp³-hybridized carbons (Fsp3) is 0.294. The summed E-state index contributed by atoms with van der Waals surface area (Å²) in [5.41, 5.74) is -4.16. The SMILES string of the molecule is O=C1CN(C(=O)c2cn3c(ccc4c(C(F)(F)F)cc(C(F)(F)F)nc43)n2)CCN1. The van der Waals surface area contributed by atoms with Crippen molar-refractivity contribution < 1.29 is 35.9 Å². The molecule has 1 N–H and O–H groups in total. The van der Waals surface area contributed by atoms with Gasteiger partial charge in [0, 0.05) is 24.7 Å². The summed E-state index contributed by atoms with van der Waals surface area (Å²) in [6, 6.07) is 2.05. The predicted molar refractivity (Wildman–Crippen MR) is 89.4 cm³/mol. The minimum atomic E-state index is -5.11. The number of nitrogens with zero attached hydrogens (tertiary/aromatic N) is 4. The summed E-state index contributed by atoms with van der Waals surface area (Å²) in [6.45, 7) is 0.169. The second kappa shape index (κ2) is 6.57. The fourth-order valence-corrected chi connectivity index (χ4v) is 3.19. The standard InChI is InChI=1S/C17H11F6N5O2/c18-16(19,20)9-5-11(17(21,22)23)26-14-8(9)1-2-12-25-10(6-28(12)14)15(30)27-4-3-24-13(29)7-27/h1-2,5-6H,3-4,7H2,(H,24,29). The Balaban J connectivity index is 1.90. The first-order chi connectivity index (χ1) is 13.9. The molecule has 1 saturated heterocycles. The zero-order valence-electron chi connectivity index (χ0n) is 14.8. The van der Waals surface area contributed by atoms with Crippen LogP contribution in [0, 0.1) is 0 Å². The van der Waals surface area contributed by atoms with E-state index in [0.717, 1.165) is 22.7 Å². The third kappa shape index (κ3) is 3.39. The van der Waals surface area contributed by atoms with E-state index in [4.69, 9.17) is 0 Å². The maximum atomic E-state index is 13.4. The van der Waals surface area contributed by atoms with Crippen LogP contribution < -0.4 is 5.32 Å². The van der Waals surface area contributed by atoms with Crippen molar-refractivity contribution in [2.45, 2.75) is 12.4 Å². The number of rotatable bonds is 1.